The lowest BCUT2D eigenvalue weighted by Gasteiger charge is -2.32. The van der Waals surface area contributed by atoms with Gasteiger partial charge in [-0.3, -0.25) is 4.90 Å². The van der Waals surface area contributed by atoms with Gasteiger partial charge in [-0.2, -0.15) is 4.99 Å². The van der Waals surface area contributed by atoms with Crippen LogP contribution in [0.1, 0.15) is 39.5 Å². The third kappa shape index (κ3) is 6.66. The summed E-state index contributed by atoms with van der Waals surface area (Å²) in [5, 5.41) is 4.04. The van der Waals surface area contributed by atoms with Gasteiger partial charge < -0.3 is 15.8 Å². The van der Waals surface area contributed by atoms with Crippen molar-refractivity contribution in [2.45, 2.75) is 45.6 Å². The average molecular weight is 407 g/mol. The molecule has 0 aromatic heterocycles. The maximum absolute atomic E-state index is 6.13. The summed E-state index contributed by atoms with van der Waals surface area (Å²) < 4.78 is 6.13. The maximum Gasteiger partial charge on any atom is 0.199 e. The third-order valence-electron chi connectivity index (χ3n) is 5.20. The number of benzene rings is 1. The lowest BCUT2D eigenvalue weighted by Crippen LogP contribution is -2.40. The van der Waals surface area contributed by atoms with Crippen LogP contribution in [0.15, 0.2) is 29.3 Å². The average Bonchev–Trinajstić information content (AvgIpc) is 3.40. The molecule has 5 nitrogen and oxygen atoms in total. The van der Waals surface area contributed by atoms with Crippen LogP contribution in [0.2, 0.25) is 0 Å². The highest BCUT2D eigenvalue weighted by Crippen LogP contribution is 2.47. The van der Waals surface area contributed by atoms with Crippen molar-refractivity contribution in [3.8, 4) is 5.75 Å². The van der Waals surface area contributed by atoms with Crippen LogP contribution in [0.5, 0.6) is 5.75 Å². The molecule has 3 rings (SSSR count). The van der Waals surface area contributed by atoms with E-state index in [9.17, 15) is 0 Å². The Labute approximate surface area is 172 Å². The van der Waals surface area contributed by atoms with E-state index in [2.05, 4.69) is 29.1 Å². The Bertz CT molecular complexity index is 673. The van der Waals surface area contributed by atoms with E-state index >= 15 is 0 Å². The van der Waals surface area contributed by atoms with Gasteiger partial charge in [0.25, 0.3) is 0 Å². The van der Waals surface area contributed by atoms with Gasteiger partial charge in [-0.15, -0.1) is 0 Å². The topological polar surface area (TPSA) is 62.9 Å². The summed E-state index contributed by atoms with van der Waals surface area (Å²) >= 11 is 6.88. The number of likely N-dealkylation sites (tertiary alicyclic amines) is 1. The molecule has 1 unspecified atom stereocenters. The van der Waals surface area contributed by atoms with Crippen LogP contribution in [-0.4, -0.2) is 46.7 Å². The number of anilines is 1. The van der Waals surface area contributed by atoms with Crippen molar-refractivity contribution in [2.75, 3.05) is 30.7 Å². The fourth-order valence-corrected chi connectivity index (χ4v) is 4.31. The van der Waals surface area contributed by atoms with Crippen molar-refractivity contribution >= 4 is 39.9 Å². The lowest BCUT2D eigenvalue weighted by molar-refractivity contribution is 0.0920. The van der Waals surface area contributed by atoms with Crippen molar-refractivity contribution in [2.24, 2.45) is 16.1 Å². The van der Waals surface area contributed by atoms with Crippen molar-refractivity contribution in [3.05, 3.63) is 24.3 Å². The summed E-state index contributed by atoms with van der Waals surface area (Å²) in [4.78, 5) is 6.71. The first-order chi connectivity index (χ1) is 13.0. The van der Waals surface area contributed by atoms with Crippen molar-refractivity contribution in [3.63, 3.8) is 0 Å². The molecule has 1 aliphatic carbocycles. The quantitative estimate of drug-likeness (QED) is 0.421. The monoisotopic (exact) mass is 406 g/mol. The van der Waals surface area contributed by atoms with Crippen LogP contribution in [0.3, 0.4) is 0 Å². The number of rotatable bonds is 6. The van der Waals surface area contributed by atoms with E-state index in [1.54, 1.807) is 11.8 Å². The van der Waals surface area contributed by atoms with Gasteiger partial charge in [0.05, 0.1) is 0 Å². The molecule has 0 amide bonds. The molecule has 148 valence electrons. The molecule has 1 aliphatic heterocycles. The number of aliphatic imine (C=N–C) groups is 1. The van der Waals surface area contributed by atoms with Gasteiger partial charge in [0.2, 0.25) is 0 Å². The van der Waals surface area contributed by atoms with E-state index in [-0.39, 0.29) is 6.10 Å². The van der Waals surface area contributed by atoms with E-state index in [0.29, 0.717) is 15.7 Å². The minimum atomic E-state index is 0.272. The van der Waals surface area contributed by atoms with E-state index in [1.807, 2.05) is 24.3 Å². The Morgan fingerprint density at radius 2 is 2.15 bits per heavy atom. The molecule has 2 fully saturated rings. The number of nitrogens with one attached hydrogen (secondary N) is 1. The largest absolute Gasteiger partial charge is 0.489 e. The summed E-state index contributed by atoms with van der Waals surface area (Å²) in [6.07, 6.45) is 5.14. The minimum Gasteiger partial charge on any atom is -0.489 e. The Morgan fingerprint density at radius 1 is 1.41 bits per heavy atom. The summed E-state index contributed by atoms with van der Waals surface area (Å²) in [6, 6.07) is 7.88. The summed E-state index contributed by atoms with van der Waals surface area (Å²) in [5.41, 5.74) is 7.31. The highest BCUT2D eigenvalue weighted by Gasteiger charge is 2.37. The molecule has 1 aromatic rings. The number of piperidine rings is 1. The van der Waals surface area contributed by atoms with E-state index < -0.39 is 0 Å². The van der Waals surface area contributed by atoms with Crippen LogP contribution < -0.4 is 15.8 Å². The van der Waals surface area contributed by atoms with Crippen molar-refractivity contribution in [1.29, 1.82) is 0 Å². The number of nitrogens with two attached hydrogens (primary N) is 1. The molecule has 1 saturated carbocycles. The van der Waals surface area contributed by atoms with E-state index in [1.165, 1.54) is 25.8 Å². The van der Waals surface area contributed by atoms with Gasteiger partial charge in [0.1, 0.15) is 11.9 Å². The molecule has 7 heteroatoms. The number of ether oxygens (including phenoxy) is 1. The Balaban J connectivity index is 1.46. The molecule has 0 radical (unpaired) electrons. The number of amidine groups is 1. The zero-order valence-electron chi connectivity index (χ0n) is 16.2. The second-order valence-corrected chi connectivity index (χ2v) is 9.16. The molecule has 1 saturated heterocycles. The summed E-state index contributed by atoms with van der Waals surface area (Å²) in [5.74, 6) is 1.90. The zero-order valence-corrected chi connectivity index (χ0v) is 17.9. The smallest absolute Gasteiger partial charge is 0.199 e. The van der Waals surface area contributed by atoms with Crippen LogP contribution in [0.25, 0.3) is 0 Å². The van der Waals surface area contributed by atoms with Crippen LogP contribution >= 0.6 is 24.0 Å². The normalized spacial score (nSPS) is 22.3. The molecule has 3 N–H and O–H groups in total. The predicted molar refractivity (Wildman–Crippen MR) is 120 cm³/mol. The van der Waals surface area contributed by atoms with E-state index in [4.69, 9.17) is 22.7 Å². The second-order valence-electron chi connectivity index (χ2n) is 7.78. The highest BCUT2D eigenvalue weighted by atomic mass is 32.2. The molecule has 27 heavy (non-hydrogen) atoms. The number of thioether (sulfide) groups is 1. The molecular weight excluding hydrogens is 376 g/mol. The van der Waals surface area contributed by atoms with Crippen LogP contribution in [0, 0.1) is 5.41 Å². The first-order valence-corrected chi connectivity index (χ1v) is 11.1. The Hall–Kier alpha value is -1.31. The Kier molecular flexibility index (Phi) is 7.00. The maximum atomic E-state index is 6.13. The molecule has 0 bridgehead atoms. The molecule has 1 heterocycles. The molecule has 1 atom stereocenters. The number of likely N-dealkylation sites (N-methyl/N-ethyl adjacent to an activating group) is 1. The first-order valence-electron chi connectivity index (χ1n) is 9.73. The van der Waals surface area contributed by atoms with Crippen molar-refractivity contribution < 1.29 is 4.74 Å². The third-order valence-corrected chi connectivity index (χ3v) is 6.62. The van der Waals surface area contributed by atoms with Crippen LogP contribution in [-0.2, 0) is 0 Å². The lowest BCUT2D eigenvalue weighted by atomic mass is 10.1. The predicted octanol–water partition coefficient (Wildman–Crippen LogP) is 4.09. The number of nitrogens with zero attached hydrogens (tertiary/aromatic N) is 2. The fourth-order valence-electron chi connectivity index (χ4n) is 3.10. The number of hydrogen-bond acceptors (Lipinski definition) is 4. The molecule has 0 spiro atoms. The SMILES string of the molecule is CCN1CCCC(Oc2ccc(NC(=S)/N=C(\N)SCC3(C)CC3)cc2)C1. The number of hydrogen-bond donors (Lipinski definition) is 2. The molecule has 2 aliphatic rings. The summed E-state index contributed by atoms with van der Waals surface area (Å²) in [7, 11) is 0. The standard InChI is InChI=1S/C20H30N4OS2/c1-3-24-12-4-5-17(13-24)25-16-8-6-15(7-9-16)22-19(26)23-18(21)27-14-20(2)10-11-20/h6-9,17H,3-5,10-14H2,1-2H3,(H3,21,22,23,26). The van der Waals surface area contributed by atoms with Gasteiger partial charge in [0, 0.05) is 18.0 Å². The zero-order chi connectivity index (χ0) is 19.3. The molecule has 1 aromatic carbocycles. The fraction of sp³-hybridized carbons (Fsp3) is 0.600. The minimum absolute atomic E-state index is 0.272. The van der Waals surface area contributed by atoms with Gasteiger partial charge in [-0.25, -0.2) is 0 Å². The van der Waals surface area contributed by atoms with Gasteiger partial charge in [0.15, 0.2) is 10.3 Å². The first kappa shape index (κ1) is 20.4. The summed E-state index contributed by atoms with van der Waals surface area (Å²) in [6.45, 7) is 7.75. The molecular formula is C20H30N4OS2. The van der Waals surface area contributed by atoms with Crippen molar-refractivity contribution in [1.82, 2.24) is 4.90 Å². The van der Waals surface area contributed by atoms with Gasteiger partial charge >= 0.3 is 0 Å². The van der Waals surface area contributed by atoms with E-state index in [0.717, 1.165) is 36.7 Å². The second kappa shape index (κ2) is 9.26. The van der Waals surface area contributed by atoms with Gasteiger partial charge in [-0.05, 0) is 80.7 Å². The van der Waals surface area contributed by atoms with Crippen LogP contribution in [0.4, 0.5) is 5.69 Å². The number of thiocarbonyl (C=S) groups is 1. The highest BCUT2D eigenvalue weighted by molar-refractivity contribution is 8.13. The van der Waals surface area contributed by atoms with Gasteiger partial charge in [-0.1, -0.05) is 25.6 Å². The Morgan fingerprint density at radius 3 is 2.81 bits per heavy atom.